The van der Waals surface area contributed by atoms with Gasteiger partial charge in [0, 0.05) is 18.2 Å². The molecule has 1 fully saturated rings. The molecule has 0 aromatic heterocycles. The average Bonchev–Trinajstić information content (AvgIpc) is 3.20. The van der Waals surface area contributed by atoms with Gasteiger partial charge in [-0.15, -0.1) is 0 Å². The van der Waals surface area contributed by atoms with Gasteiger partial charge in [0.25, 0.3) is 0 Å². The average molecular weight is 263 g/mol. The van der Waals surface area contributed by atoms with Gasteiger partial charge in [-0.2, -0.15) is 0 Å². The van der Waals surface area contributed by atoms with Crippen LogP contribution in [-0.4, -0.2) is 12.5 Å². The Balaban J connectivity index is 1.53. The zero-order valence-corrected chi connectivity index (χ0v) is 11.3. The van der Waals surface area contributed by atoms with Crippen molar-refractivity contribution in [2.45, 2.75) is 18.8 Å². The lowest BCUT2D eigenvalue weighted by atomic mass is 10.1. The third-order valence-corrected chi connectivity index (χ3v) is 4.49. The van der Waals surface area contributed by atoms with Crippen LogP contribution in [0.5, 0.6) is 0 Å². The molecule has 20 heavy (non-hydrogen) atoms. The van der Waals surface area contributed by atoms with Gasteiger partial charge in [-0.3, -0.25) is 4.79 Å². The Labute approximate surface area is 119 Å². The molecule has 0 bridgehead atoms. The van der Waals surface area contributed by atoms with Crippen molar-refractivity contribution in [1.82, 2.24) is 0 Å². The van der Waals surface area contributed by atoms with Gasteiger partial charge in [0.2, 0.25) is 5.91 Å². The second kappa shape index (κ2) is 4.48. The summed E-state index contributed by atoms with van der Waals surface area (Å²) < 4.78 is 0. The summed E-state index contributed by atoms with van der Waals surface area (Å²) in [4.78, 5) is 14.7. The topological polar surface area (TPSA) is 20.3 Å². The number of nitrogens with zero attached hydrogens (tertiary/aromatic N) is 1. The van der Waals surface area contributed by atoms with Crippen LogP contribution in [0.3, 0.4) is 0 Å². The van der Waals surface area contributed by atoms with Gasteiger partial charge in [0.05, 0.1) is 0 Å². The minimum atomic E-state index is 0.184. The molecule has 1 amide bonds. The Kier molecular flexibility index (Phi) is 2.62. The lowest BCUT2D eigenvalue weighted by molar-refractivity contribution is -0.119. The van der Waals surface area contributed by atoms with Crippen LogP contribution in [0, 0.1) is 5.92 Å². The molecule has 2 heteroatoms. The molecule has 2 atom stereocenters. The summed E-state index contributed by atoms with van der Waals surface area (Å²) in [6.45, 7) is 0.843. The molecule has 2 nitrogen and oxygen atoms in total. The van der Waals surface area contributed by atoms with Gasteiger partial charge in [0.1, 0.15) is 0 Å². The summed E-state index contributed by atoms with van der Waals surface area (Å²) in [6, 6.07) is 18.7. The number of benzene rings is 2. The van der Waals surface area contributed by atoms with Crippen LogP contribution in [-0.2, 0) is 11.2 Å². The molecular formula is C18H17NO. The Morgan fingerprint density at radius 1 is 1.00 bits per heavy atom. The predicted molar refractivity (Wildman–Crippen MR) is 79.8 cm³/mol. The number of amides is 1. The molecule has 1 aliphatic carbocycles. The number of anilines is 1. The number of hydrogen-bond acceptors (Lipinski definition) is 1. The van der Waals surface area contributed by atoms with E-state index in [0.717, 1.165) is 25.1 Å². The number of fused-ring (bicyclic) bond motifs is 1. The fourth-order valence-corrected chi connectivity index (χ4v) is 3.30. The summed E-state index contributed by atoms with van der Waals surface area (Å²) in [7, 11) is 0. The van der Waals surface area contributed by atoms with E-state index in [-0.39, 0.29) is 5.92 Å². The maximum Gasteiger partial charge on any atom is 0.230 e. The normalized spacial score (nSPS) is 23.5. The van der Waals surface area contributed by atoms with Gasteiger partial charge in [-0.05, 0) is 36.0 Å². The largest absolute Gasteiger partial charge is 0.312 e. The van der Waals surface area contributed by atoms with Gasteiger partial charge < -0.3 is 4.90 Å². The number of carbonyl (C=O) groups excluding carboxylic acids is 1. The van der Waals surface area contributed by atoms with Crippen molar-refractivity contribution in [2.24, 2.45) is 5.92 Å². The predicted octanol–water partition coefficient (Wildman–Crippen LogP) is 3.38. The monoisotopic (exact) mass is 263 g/mol. The molecule has 0 N–H and O–H groups in total. The van der Waals surface area contributed by atoms with Gasteiger partial charge >= 0.3 is 0 Å². The zero-order valence-electron chi connectivity index (χ0n) is 11.3. The van der Waals surface area contributed by atoms with Crippen molar-refractivity contribution in [2.75, 3.05) is 11.4 Å². The summed E-state index contributed by atoms with van der Waals surface area (Å²) in [5.41, 5.74) is 3.73. The van der Waals surface area contributed by atoms with Crippen molar-refractivity contribution in [3.05, 3.63) is 65.7 Å². The van der Waals surface area contributed by atoms with Crippen molar-refractivity contribution in [3.8, 4) is 0 Å². The van der Waals surface area contributed by atoms with E-state index in [9.17, 15) is 4.79 Å². The molecule has 2 aliphatic rings. The number of hydrogen-bond donors (Lipinski definition) is 0. The Morgan fingerprint density at radius 2 is 1.75 bits per heavy atom. The molecule has 4 rings (SSSR count). The first-order valence-electron chi connectivity index (χ1n) is 7.29. The van der Waals surface area contributed by atoms with Crippen LogP contribution in [0.1, 0.15) is 23.5 Å². The quantitative estimate of drug-likeness (QED) is 0.813. The fraction of sp³-hybridized carbons (Fsp3) is 0.278. The van der Waals surface area contributed by atoms with Crippen molar-refractivity contribution < 1.29 is 4.79 Å². The standard InChI is InChI=1S/C18H17NO/c20-18(16-12-15(16)13-6-2-1-3-7-13)19-11-10-14-8-4-5-9-17(14)19/h1-9,15-16H,10-12H2/t15-,16-/m1/s1. The van der Waals surface area contributed by atoms with Crippen LogP contribution >= 0.6 is 0 Å². The van der Waals surface area contributed by atoms with E-state index < -0.39 is 0 Å². The molecule has 0 spiro atoms. The molecule has 100 valence electrons. The van der Waals surface area contributed by atoms with E-state index in [0.29, 0.717) is 11.8 Å². The lowest BCUT2D eigenvalue weighted by Crippen LogP contribution is -2.30. The minimum absolute atomic E-state index is 0.184. The zero-order chi connectivity index (χ0) is 13.5. The highest BCUT2D eigenvalue weighted by atomic mass is 16.2. The summed E-state index contributed by atoms with van der Waals surface area (Å²) >= 11 is 0. The third kappa shape index (κ3) is 1.83. The summed E-state index contributed by atoms with van der Waals surface area (Å²) in [5, 5.41) is 0. The maximum atomic E-state index is 12.7. The van der Waals surface area contributed by atoms with Crippen LogP contribution < -0.4 is 4.90 Å². The highest BCUT2D eigenvalue weighted by Gasteiger charge is 2.46. The number of para-hydroxylation sites is 1. The van der Waals surface area contributed by atoms with Crippen LogP contribution in [0.25, 0.3) is 0 Å². The molecule has 1 aliphatic heterocycles. The molecule has 2 aromatic rings. The molecule has 1 heterocycles. The Hall–Kier alpha value is -2.09. The molecule has 0 unspecified atom stereocenters. The smallest absolute Gasteiger partial charge is 0.230 e. The Morgan fingerprint density at radius 3 is 2.60 bits per heavy atom. The van der Waals surface area contributed by atoms with Crippen LogP contribution in [0.15, 0.2) is 54.6 Å². The van der Waals surface area contributed by atoms with Crippen LogP contribution in [0.4, 0.5) is 5.69 Å². The summed E-state index contributed by atoms with van der Waals surface area (Å²) in [6.07, 6.45) is 1.99. The fourth-order valence-electron chi connectivity index (χ4n) is 3.30. The SMILES string of the molecule is O=C([C@@H]1C[C@@H]1c1ccccc1)N1CCc2ccccc21. The first-order valence-corrected chi connectivity index (χ1v) is 7.29. The highest BCUT2D eigenvalue weighted by Crippen LogP contribution is 2.49. The van der Waals surface area contributed by atoms with Crippen molar-refractivity contribution >= 4 is 11.6 Å². The maximum absolute atomic E-state index is 12.7. The van der Waals surface area contributed by atoms with E-state index >= 15 is 0 Å². The molecular weight excluding hydrogens is 246 g/mol. The number of carbonyl (C=O) groups is 1. The van der Waals surface area contributed by atoms with Gasteiger partial charge in [0.15, 0.2) is 0 Å². The molecule has 1 saturated carbocycles. The van der Waals surface area contributed by atoms with E-state index in [4.69, 9.17) is 0 Å². The highest BCUT2D eigenvalue weighted by molar-refractivity contribution is 5.99. The van der Waals surface area contributed by atoms with E-state index in [1.807, 2.05) is 17.0 Å². The lowest BCUT2D eigenvalue weighted by Gasteiger charge is -2.17. The molecule has 0 radical (unpaired) electrons. The van der Waals surface area contributed by atoms with Gasteiger partial charge in [-0.1, -0.05) is 48.5 Å². The van der Waals surface area contributed by atoms with Gasteiger partial charge in [-0.25, -0.2) is 0 Å². The second-order valence-corrected chi connectivity index (χ2v) is 5.73. The number of rotatable bonds is 2. The molecule has 0 saturated heterocycles. The minimum Gasteiger partial charge on any atom is -0.312 e. The van der Waals surface area contributed by atoms with E-state index in [1.54, 1.807) is 0 Å². The first kappa shape index (κ1) is 11.7. The third-order valence-electron chi connectivity index (χ3n) is 4.49. The van der Waals surface area contributed by atoms with Crippen molar-refractivity contribution in [1.29, 1.82) is 0 Å². The van der Waals surface area contributed by atoms with E-state index in [1.165, 1.54) is 11.1 Å². The Bertz CT molecular complexity index is 649. The van der Waals surface area contributed by atoms with Crippen LogP contribution in [0.2, 0.25) is 0 Å². The van der Waals surface area contributed by atoms with Crippen molar-refractivity contribution in [3.63, 3.8) is 0 Å². The summed E-state index contributed by atoms with van der Waals surface area (Å²) in [5.74, 6) is 0.920. The second-order valence-electron chi connectivity index (χ2n) is 5.73. The molecule has 2 aromatic carbocycles. The van der Waals surface area contributed by atoms with E-state index in [2.05, 4.69) is 42.5 Å². The first-order chi connectivity index (χ1) is 9.84.